The van der Waals surface area contributed by atoms with Gasteiger partial charge in [-0.05, 0) is 18.6 Å². The smallest absolute Gasteiger partial charge is 0.330 e. The van der Waals surface area contributed by atoms with E-state index < -0.39 is 0 Å². The van der Waals surface area contributed by atoms with Crippen LogP contribution < -0.4 is 0 Å². The summed E-state index contributed by atoms with van der Waals surface area (Å²) >= 11 is 0. The SMILES string of the molecule is CCCC(C#Cc1ccccc1)/C=C\C(=O)OC. The third-order valence-corrected chi connectivity index (χ3v) is 2.44. The molecule has 1 aromatic carbocycles. The molecule has 94 valence electrons. The van der Waals surface area contributed by atoms with Crippen LogP contribution in [0, 0.1) is 17.8 Å². The number of carbonyl (C=O) groups is 1. The zero-order chi connectivity index (χ0) is 13.2. The van der Waals surface area contributed by atoms with Crippen LogP contribution in [0.5, 0.6) is 0 Å². The van der Waals surface area contributed by atoms with Gasteiger partial charge in [0.25, 0.3) is 0 Å². The van der Waals surface area contributed by atoms with Crippen molar-refractivity contribution in [2.24, 2.45) is 5.92 Å². The molecular weight excluding hydrogens is 224 g/mol. The van der Waals surface area contributed by atoms with E-state index in [0.717, 1.165) is 18.4 Å². The molecule has 2 nitrogen and oxygen atoms in total. The van der Waals surface area contributed by atoms with E-state index in [9.17, 15) is 4.79 Å². The zero-order valence-corrected chi connectivity index (χ0v) is 10.8. The van der Waals surface area contributed by atoms with Gasteiger partial charge in [-0.15, -0.1) is 0 Å². The standard InChI is InChI=1S/C16H18O2/c1-3-7-14(12-13-16(17)18-2)10-11-15-8-5-4-6-9-15/h4-6,8-9,12-14H,3,7H2,1-2H3/b13-12-. The number of allylic oxidation sites excluding steroid dienone is 1. The van der Waals surface area contributed by atoms with Crippen molar-refractivity contribution in [2.45, 2.75) is 19.8 Å². The van der Waals surface area contributed by atoms with Crippen molar-refractivity contribution >= 4 is 5.97 Å². The normalized spacial score (nSPS) is 11.7. The Morgan fingerprint density at radius 3 is 2.72 bits per heavy atom. The van der Waals surface area contributed by atoms with Gasteiger partial charge in [-0.1, -0.05) is 49.5 Å². The van der Waals surface area contributed by atoms with Gasteiger partial charge < -0.3 is 4.74 Å². The van der Waals surface area contributed by atoms with E-state index in [2.05, 4.69) is 23.5 Å². The van der Waals surface area contributed by atoms with Crippen molar-refractivity contribution in [3.63, 3.8) is 0 Å². The lowest BCUT2D eigenvalue weighted by Crippen LogP contribution is -1.97. The summed E-state index contributed by atoms with van der Waals surface area (Å²) in [6, 6.07) is 9.83. The number of hydrogen-bond donors (Lipinski definition) is 0. The highest BCUT2D eigenvalue weighted by Gasteiger charge is 2.00. The fourth-order valence-corrected chi connectivity index (χ4v) is 1.49. The van der Waals surface area contributed by atoms with E-state index in [-0.39, 0.29) is 11.9 Å². The molecular formula is C16H18O2. The maximum Gasteiger partial charge on any atom is 0.330 e. The molecule has 0 radical (unpaired) electrons. The lowest BCUT2D eigenvalue weighted by atomic mass is 10.0. The topological polar surface area (TPSA) is 26.3 Å². The van der Waals surface area contributed by atoms with Crippen molar-refractivity contribution in [2.75, 3.05) is 7.11 Å². The average Bonchev–Trinajstić information content (AvgIpc) is 2.42. The fraction of sp³-hybridized carbons (Fsp3) is 0.312. The highest BCUT2D eigenvalue weighted by molar-refractivity contribution is 5.81. The summed E-state index contributed by atoms with van der Waals surface area (Å²) < 4.78 is 4.57. The Balaban J connectivity index is 2.72. The molecule has 0 amide bonds. The van der Waals surface area contributed by atoms with Crippen LogP contribution in [-0.2, 0) is 9.53 Å². The maximum atomic E-state index is 11.0. The lowest BCUT2D eigenvalue weighted by molar-refractivity contribution is -0.134. The van der Waals surface area contributed by atoms with E-state index in [1.807, 2.05) is 36.4 Å². The Kier molecular flexibility index (Phi) is 6.35. The second-order valence-electron chi connectivity index (χ2n) is 3.91. The summed E-state index contributed by atoms with van der Waals surface area (Å²) in [7, 11) is 1.37. The maximum absolute atomic E-state index is 11.0. The Morgan fingerprint density at radius 2 is 2.11 bits per heavy atom. The number of hydrogen-bond acceptors (Lipinski definition) is 2. The molecule has 0 aromatic heterocycles. The van der Waals surface area contributed by atoms with E-state index >= 15 is 0 Å². The number of ether oxygens (including phenoxy) is 1. The molecule has 18 heavy (non-hydrogen) atoms. The average molecular weight is 242 g/mol. The van der Waals surface area contributed by atoms with Crippen molar-refractivity contribution in [1.29, 1.82) is 0 Å². The van der Waals surface area contributed by atoms with Crippen LogP contribution in [-0.4, -0.2) is 13.1 Å². The first kappa shape index (κ1) is 14.1. The van der Waals surface area contributed by atoms with Crippen molar-refractivity contribution < 1.29 is 9.53 Å². The molecule has 0 bridgehead atoms. The predicted octanol–water partition coefficient (Wildman–Crippen LogP) is 3.18. The molecule has 0 N–H and O–H groups in total. The Labute approximate surface area is 109 Å². The second-order valence-corrected chi connectivity index (χ2v) is 3.91. The van der Waals surface area contributed by atoms with E-state index in [1.165, 1.54) is 13.2 Å². The van der Waals surface area contributed by atoms with Gasteiger partial charge in [0.15, 0.2) is 0 Å². The molecule has 0 aliphatic heterocycles. The molecule has 1 rings (SSSR count). The molecule has 0 saturated heterocycles. The minimum absolute atomic E-state index is 0.0920. The highest BCUT2D eigenvalue weighted by atomic mass is 16.5. The lowest BCUT2D eigenvalue weighted by Gasteiger charge is -2.01. The number of carbonyl (C=O) groups excluding carboxylic acids is 1. The van der Waals surface area contributed by atoms with E-state index in [1.54, 1.807) is 0 Å². The van der Waals surface area contributed by atoms with Gasteiger partial charge in [0.1, 0.15) is 0 Å². The van der Waals surface area contributed by atoms with E-state index in [0.29, 0.717) is 0 Å². The van der Waals surface area contributed by atoms with E-state index in [4.69, 9.17) is 0 Å². The summed E-state index contributed by atoms with van der Waals surface area (Å²) in [6.07, 6.45) is 5.22. The number of benzene rings is 1. The number of esters is 1. The first-order valence-electron chi connectivity index (χ1n) is 6.09. The molecule has 0 saturated carbocycles. The van der Waals surface area contributed by atoms with Gasteiger partial charge in [-0.2, -0.15) is 0 Å². The molecule has 1 atom stereocenters. The molecule has 2 heteroatoms. The van der Waals surface area contributed by atoms with Crippen LogP contribution in [0.3, 0.4) is 0 Å². The molecule has 1 unspecified atom stereocenters. The number of rotatable bonds is 4. The van der Waals surface area contributed by atoms with Gasteiger partial charge >= 0.3 is 5.97 Å². The first-order chi connectivity index (χ1) is 8.76. The van der Waals surface area contributed by atoms with Crippen LogP contribution in [0.4, 0.5) is 0 Å². The van der Waals surface area contributed by atoms with Crippen molar-refractivity contribution in [3.8, 4) is 11.8 Å². The second kappa shape index (κ2) is 8.14. The summed E-state index contributed by atoms with van der Waals surface area (Å²) in [4.78, 5) is 11.0. The molecule has 0 aliphatic carbocycles. The molecule has 0 heterocycles. The predicted molar refractivity (Wildman–Crippen MR) is 72.9 cm³/mol. The minimum atomic E-state index is -0.336. The Morgan fingerprint density at radius 1 is 1.39 bits per heavy atom. The van der Waals surface area contributed by atoms with Gasteiger partial charge in [0.2, 0.25) is 0 Å². The van der Waals surface area contributed by atoms with Crippen LogP contribution in [0.1, 0.15) is 25.3 Å². The Bertz CT molecular complexity index is 449. The van der Waals surface area contributed by atoms with Crippen LogP contribution in [0.2, 0.25) is 0 Å². The molecule has 0 spiro atoms. The van der Waals surface area contributed by atoms with Crippen LogP contribution in [0.25, 0.3) is 0 Å². The summed E-state index contributed by atoms with van der Waals surface area (Å²) in [5, 5.41) is 0. The van der Waals surface area contributed by atoms with Gasteiger partial charge in [0, 0.05) is 17.6 Å². The fourth-order valence-electron chi connectivity index (χ4n) is 1.49. The monoisotopic (exact) mass is 242 g/mol. The third kappa shape index (κ3) is 5.36. The van der Waals surface area contributed by atoms with Crippen molar-refractivity contribution in [1.82, 2.24) is 0 Å². The van der Waals surface area contributed by atoms with Gasteiger partial charge in [-0.25, -0.2) is 4.79 Å². The summed E-state index contributed by atoms with van der Waals surface area (Å²) in [5.41, 5.74) is 0.991. The Hall–Kier alpha value is -2.01. The highest BCUT2D eigenvalue weighted by Crippen LogP contribution is 2.07. The molecule has 1 aromatic rings. The molecule has 0 fully saturated rings. The zero-order valence-electron chi connectivity index (χ0n) is 10.8. The quantitative estimate of drug-likeness (QED) is 0.460. The largest absolute Gasteiger partial charge is 0.466 e. The van der Waals surface area contributed by atoms with Gasteiger partial charge in [0.05, 0.1) is 7.11 Å². The van der Waals surface area contributed by atoms with Gasteiger partial charge in [-0.3, -0.25) is 0 Å². The summed E-state index contributed by atoms with van der Waals surface area (Å²) in [6.45, 7) is 2.10. The third-order valence-electron chi connectivity index (χ3n) is 2.44. The molecule has 0 aliphatic rings. The van der Waals surface area contributed by atoms with Crippen LogP contribution in [0.15, 0.2) is 42.5 Å². The van der Waals surface area contributed by atoms with Crippen molar-refractivity contribution in [3.05, 3.63) is 48.0 Å². The van der Waals surface area contributed by atoms with Crippen LogP contribution >= 0.6 is 0 Å². The summed E-state index contributed by atoms with van der Waals surface area (Å²) in [5.74, 6) is 6.05. The first-order valence-corrected chi connectivity index (χ1v) is 6.09. The minimum Gasteiger partial charge on any atom is -0.466 e. The number of methoxy groups -OCH3 is 1.